The lowest BCUT2D eigenvalue weighted by atomic mass is 10.0. The molecule has 0 saturated carbocycles. The van der Waals surface area contributed by atoms with Crippen LogP contribution < -0.4 is 5.32 Å². The van der Waals surface area contributed by atoms with Crippen molar-refractivity contribution in [1.82, 2.24) is 10.2 Å². The number of hydrogen-bond donors (Lipinski definition) is 1. The van der Waals surface area contributed by atoms with E-state index in [1.54, 1.807) is 6.07 Å². The summed E-state index contributed by atoms with van der Waals surface area (Å²) in [5.41, 5.74) is 3.79. The zero-order valence-electron chi connectivity index (χ0n) is 12.5. The first-order valence-corrected chi connectivity index (χ1v) is 7.14. The molecule has 0 spiro atoms. The van der Waals surface area contributed by atoms with E-state index < -0.39 is 12.3 Å². The van der Waals surface area contributed by atoms with E-state index in [0.29, 0.717) is 12.1 Å². The van der Waals surface area contributed by atoms with E-state index in [-0.39, 0.29) is 5.89 Å². The highest BCUT2D eigenvalue weighted by atomic mass is 19.3. The van der Waals surface area contributed by atoms with Crippen LogP contribution in [0.5, 0.6) is 0 Å². The summed E-state index contributed by atoms with van der Waals surface area (Å²) < 4.78 is 30.0. The van der Waals surface area contributed by atoms with Crippen LogP contribution in [0.25, 0.3) is 11.5 Å². The van der Waals surface area contributed by atoms with Crippen LogP contribution in [0, 0.1) is 6.92 Å². The fraction of sp³-hybridized carbons (Fsp3) is 0.176. The lowest BCUT2D eigenvalue weighted by Gasteiger charge is -2.09. The maximum absolute atomic E-state index is 12.5. The highest BCUT2D eigenvalue weighted by molar-refractivity contribution is 5.56. The fourth-order valence-corrected chi connectivity index (χ4v) is 2.22. The summed E-state index contributed by atoms with van der Waals surface area (Å²) in [6.07, 6.45) is -2.76. The number of para-hydroxylation sites is 1. The van der Waals surface area contributed by atoms with Gasteiger partial charge in [0.1, 0.15) is 0 Å². The van der Waals surface area contributed by atoms with E-state index >= 15 is 0 Å². The monoisotopic (exact) mass is 315 g/mol. The molecule has 3 aromatic rings. The molecule has 1 heterocycles. The van der Waals surface area contributed by atoms with Gasteiger partial charge >= 0.3 is 6.43 Å². The predicted octanol–water partition coefficient (Wildman–Crippen LogP) is 4.59. The molecule has 23 heavy (non-hydrogen) atoms. The lowest BCUT2D eigenvalue weighted by Crippen LogP contribution is -2.01. The minimum absolute atomic E-state index is 0.103. The number of halogens is 2. The van der Waals surface area contributed by atoms with Crippen molar-refractivity contribution < 1.29 is 13.2 Å². The topological polar surface area (TPSA) is 51.0 Å². The zero-order valence-corrected chi connectivity index (χ0v) is 12.5. The van der Waals surface area contributed by atoms with Crippen LogP contribution in [0.4, 0.5) is 14.5 Å². The summed E-state index contributed by atoms with van der Waals surface area (Å²) in [5, 5.41) is 10.3. The Bertz CT molecular complexity index is 788. The number of rotatable bonds is 5. The first kappa shape index (κ1) is 15.1. The summed E-state index contributed by atoms with van der Waals surface area (Å²) in [6.45, 7) is 2.62. The highest BCUT2D eigenvalue weighted by Gasteiger charge is 2.17. The third kappa shape index (κ3) is 3.53. The summed E-state index contributed by atoms with van der Waals surface area (Å²) in [7, 11) is 0. The molecule has 0 unspecified atom stereocenters. The fourth-order valence-electron chi connectivity index (χ4n) is 2.22. The number of nitrogens with one attached hydrogen (secondary N) is 1. The predicted molar refractivity (Wildman–Crippen MR) is 83.2 cm³/mol. The zero-order chi connectivity index (χ0) is 16.2. The molecular weight excluding hydrogens is 300 g/mol. The first-order chi connectivity index (χ1) is 11.1. The van der Waals surface area contributed by atoms with Crippen molar-refractivity contribution >= 4 is 5.69 Å². The van der Waals surface area contributed by atoms with Gasteiger partial charge in [0.2, 0.25) is 5.89 Å². The summed E-state index contributed by atoms with van der Waals surface area (Å²) in [6, 6.07) is 15.4. The minimum atomic E-state index is -2.76. The molecule has 0 saturated heterocycles. The van der Waals surface area contributed by atoms with Crippen molar-refractivity contribution in [3.05, 3.63) is 65.5 Å². The van der Waals surface area contributed by atoms with Crippen molar-refractivity contribution in [1.29, 1.82) is 0 Å². The molecule has 118 valence electrons. The molecule has 0 fully saturated rings. The Balaban J connectivity index is 1.75. The van der Waals surface area contributed by atoms with E-state index in [0.717, 1.165) is 16.8 Å². The van der Waals surface area contributed by atoms with Crippen LogP contribution in [0.2, 0.25) is 0 Å². The Labute approximate surface area is 132 Å². The molecule has 1 N–H and O–H groups in total. The molecule has 0 bridgehead atoms. The molecule has 0 aliphatic rings. The molecular formula is C17H15F2N3O. The summed E-state index contributed by atoms with van der Waals surface area (Å²) in [4.78, 5) is 0. The molecule has 0 aliphatic heterocycles. The second-order valence-corrected chi connectivity index (χ2v) is 5.11. The third-order valence-corrected chi connectivity index (χ3v) is 3.47. The van der Waals surface area contributed by atoms with Crippen molar-refractivity contribution in [2.75, 3.05) is 5.32 Å². The quantitative estimate of drug-likeness (QED) is 0.748. The molecule has 1 aromatic heterocycles. The standard InChI is InChI=1S/C17H15F2N3O/c1-11-9-12(16-21-22-17(23-16)15(18)19)7-8-13(11)10-20-14-5-3-2-4-6-14/h2-9,15,20H,10H2,1H3. The number of benzene rings is 2. The van der Waals surface area contributed by atoms with Crippen LogP contribution in [-0.4, -0.2) is 10.2 Å². The van der Waals surface area contributed by atoms with Crippen LogP contribution in [-0.2, 0) is 6.54 Å². The van der Waals surface area contributed by atoms with Crippen molar-refractivity contribution in [2.45, 2.75) is 19.9 Å². The average molecular weight is 315 g/mol. The van der Waals surface area contributed by atoms with Crippen molar-refractivity contribution in [3.8, 4) is 11.5 Å². The number of anilines is 1. The van der Waals surface area contributed by atoms with E-state index in [1.165, 1.54) is 0 Å². The molecule has 4 nitrogen and oxygen atoms in total. The van der Waals surface area contributed by atoms with Crippen LogP contribution in [0.15, 0.2) is 52.9 Å². The van der Waals surface area contributed by atoms with Gasteiger partial charge in [-0.25, -0.2) is 0 Å². The maximum Gasteiger partial charge on any atom is 0.314 e. The van der Waals surface area contributed by atoms with Crippen LogP contribution >= 0.6 is 0 Å². The van der Waals surface area contributed by atoms with E-state index in [9.17, 15) is 8.78 Å². The van der Waals surface area contributed by atoms with Gasteiger partial charge in [-0.05, 0) is 42.3 Å². The number of alkyl halides is 2. The maximum atomic E-state index is 12.5. The first-order valence-electron chi connectivity index (χ1n) is 7.14. The minimum Gasteiger partial charge on any atom is -0.415 e. The van der Waals surface area contributed by atoms with Gasteiger partial charge in [-0.3, -0.25) is 0 Å². The lowest BCUT2D eigenvalue weighted by molar-refractivity contribution is 0.116. The second-order valence-electron chi connectivity index (χ2n) is 5.11. The van der Waals surface area contributed by atoms with Gasteiger partial charge in [-0.1, -0.05) is 24.3 Å². The van der Waals surface area contributed by atoms with Crippen LogP contribution in [0.3, 0.4) is 0 Å². The van der Waals surface area contributed by atoms with E-state index in [1.807, 2.05) is 49.4 Å². The average Bonchev–Trinajstić information content (AvgIpc) is 3.05. The number of aryl methyl sites for hydroxylation is 1. The van der Waals surface area contributed by atoms with Gasteiger partial charge in [-0.2, -0.15) is 8.78 Å². The molecule has 0 aliphatic carbocycles. The van der Waals surface area contributed by atoms with Gasteiger partial charge in [0.05, 0.1) is 0 Å². The van der Waals surface area contributed by atoms with Gasteiger partial charge in [0.15, 0.2) is 0 Å². The second kappa shape index (κ2) is 6.56. The highest BCUT2D eigenvalue weighted by Crippen LogP contribution is 2.25. The molecule has 2 aromatic carbocycles. The Morgan fingerprint density at radius 2 is 1.87 bits per heavy atom. The Morgan fingerprint density at radius 1 is 1.09 bits per heavy atom. The number of aromatic nitrogens is 2. The van der Waals surface area contributed by atoms with Gasteiger partial charge < -0.3 is 9.73 Å². The van der Waals surface area contributed by atoms with E-state index in [4.69, 9.17) is 4.42 Å². The van der Waals surface area contributed by atoms with Crippen molar-refractivity contribution in [2.24, 2.45) is 0 Å². The SMILES string of the molecule is Cc1cc(-c2nnc(C(F)F)o2)ccc1CNc1ccccc1. The number of hydrogen-bond acceptors (Lipinski definition) is 4. The molecule has 3 rings (SSSR count). The van der Waals surface area contributed by atoms with Crippen molar-refractivity contribution in [3.63, 3.8) is 0 Å². The Kier molecular flexibility index (Phi) is 4.32. The Morgan fingerprint density at radius 3 is 2.52 bits per heavy atom. The molecule has 0 atom stereocenters. The number of nitrogens with zero attached hydrogens (tertiary/aromatic N) is 2. The molecule has 6 heteroatoms. The molecule has 0 radical (unpaired) electrons. The van der Waals surface area contributed by atoms with E-state index in [2.05, 4.69) is 15.5 Å². The summed E-state index contributed by atoms with van der Waals surface area (Å²) >= 11 is 0. The largest absolute Gasteiger partial charge is 0.415 e. The third-order valence-electron chi connectivity index (χ3n) is 3.47. The molecule has 0 amide bonds. The summed E-state index contributed by atoms with van der Waals surface area (Å²) in [5.74, 6) is -0.557. The normalized spacial score (nSPS) is 11.0. The smallest absolute Gasteiger partial charge is 0.314 e. The van der Waals surface area contributed by atoms with Crippen LogP contribution in [0.1, 0.15) is 23.4 Å². The van der Waals surface area contributed by atoms with Gasteiger partial charge in [0, 0.05) is 17.8 Å². The Hall–Kier alpha value is -2.76. The van der Waals surface area contributed by atoms with Gasteiger partial charge in [-0.15, -0.1) is 10.2 Å². The van der Waals surface area contributed by atoms with Gasteiger partial charge in [0.25, 0.3) is 5.89 Å².